The van der Waals surface area contributed by atoms with Crippen LogP contribution in [0.2, 0.25) is 0 Å². The summed E-state index contributed by atoms with van der Waals surface area (Å²) in [4.78, 5) is 25.6. The highest BCUT2D eigenvalue weighted by Gasteiger charge is 2.20. The van der Waals surface area contributed by atoms with Crippen LogP contribution in [0.25, 0.3) is 21.5 Å². The van der Waals surface area contributed by atoms with Gasteiger partial charge in [-0.25, -0.2) is 0 Å². The number of hydrogen-bond donors (Lipinski definition) is 2. The fourth-order valence-electron chi connectivity index (χ4n) is 3.19. The molecule has 4 heteroatoms. The van der Waals surface area contributed by atoms with Gasteiger partial charge in [-0.3, -0.25) is 9.59 Å². The second-order valence-electron chi connectivity index (χ2n) is 7.05. The summed E-state index contributed by atoms with van der Waals surface area (Å²) < 4.78 is 0. The van der Waals surface area contributed by atoms with E-state index in [9.17, 15) is 9.59 Å². The van der Waals surface area contributed by atoms with Gasteiger partial charge in [-0.1, -0.05) is 38.1 Å². The highest BCUT2D eigenvalue weighted by atomic mass is 16.2. The molecule has 26 heavy (non-hydrogen) atoms. The Morgan fingerprint density at radius 3 is 1.38 bits per heavy atom. The van der Waals surface area contributed by atoms with Gasteiger partial charge in [0.2, 0.25) is 0 Å². The van der Waals surface area contributed by atoms with Crippen LogP contribution in [-0.4, -0.2) is 23.9 Å². The van der Waals surface area contributed by atoms with Crippen molar-refractivity contribution in [3.8, 4) is 0 Å². The van der Waals surface area contributed by atoms with Crippen molar-refractivity contribution in [2.75, 3.05) is 0 Å². The third-order valence-corrected chi connectivity index (χ3v) is 5.14. The molecule has 2 atom stereocenters. The number of fused-ring (bicyclic) bond motifs is 2. The summed E-state index contributed by atoms with van der Waals surface area (Å²) in [7, 11) is 0. The van der Waals surface area contributed by atoms with E-state index in [-0.39, 0.29) is 23.9 Å². The van der Waals surface area contributed by atoms with Gasteiger partial charge in [-0.05, 0) is 49.6 Å². The van der Waals surface area contributed by atoms with Crippen molar-refractivity contribution in [3.63, 3.8) is 0 Å². The lowest BCUT2D eigenvalue weighted by Gasteiger charge is -2.18. The molecule has 2 amide bonds. The van der Waals surface area contributed by atoms with Crippen LogP contribution in [0.4, 0.5) is 0 Å². The normalized spacial score (nSPS) is 13.7. The standard InChI is InChI=1S/C22H26N2O2/c1-5-13(3)23-21(25)17-11-12-18(22(26)24-14(4)6-2)20-16-9-7-15(8-10-16)19(17)20/h7-14H,5-6H2,1-4H3,(H,23,25)(H,24,26). The summed E-state index contributed by atoms with van der Waals surface area (Å²) in [5.41, 5.74) is 1.25. The van der Waals surface area contributed by atoms with Crippen LogP contribution in [-0.2, 0) is 0 Å². The predicted octanol–water partition coefficient (Wildman–Crippen LogP) is 4.49. The molecule has 2 N–H and O–H groups in total. The summed E-state index contributed by atoms with van der Waals surface area (Å²) in [5, 5.41) is 9.75. The minimum Gasteiger partial charge on any atom is -0.350 e. The Balaban J connectivity index is 2.14. The van der Waals surface area contributed by atoms with Gasteiger partial charge in [0.1, 0.15) is 0 Å². The number of amides is 2. The summed E-state index contributed by atoms with van der Waals surface area (Å²) in [5.74, 6) is -0.182. The monoisotopic (exact) mass is 350 g/mol. The zero-order valence-electron chi connectivity index (χ0n) is 15.8. The molecular weight excluding hydrogens is 324 g/mol. The molecule has 0 fully saturated rings. The summed E-state index contributed by atoms with van der Waals surface area (Å²) in [6.07, 6.45) is 1.74. The number of benzene rings is 4. The Morgan fingerprint density at radius 2 is 1.08 bits per heavy atom. The van der Waals surface area contributed by atoms with Crippen molar-refractivity contribution >= 4 is 33.4 Å². The Morgan fingerprint density at radius 1 is 0.731 bits per heavy atom. The number of carbonyl (C=O) groups excluding carboxylic acids is 2. The highest BCUT2D eigenvalue weighted by Crippen LogP contribution is 2.33. The van der Waals surface area contributed by atoms with Crippen molar-refractivity contribution in [2.24, 2.45) is 0 Å². The zero-order valence-corrected chi connectivity index (χ0v) is 15.8. The van der Waals surface area contributed by atoms with E-state index in [1.165, 1.54) is 0 Å². The summed E-state index contributed by atoms with van der Waals surface area (Å²) in [6.45, 7) is 8.07. The average molecular weight is 350 g/mol. The maximum absolute atomic E-state index is 12.8. The fourth-order valence-corrected chi connectivity index (χ4v) is 3.19. The fraction of sp³-hybridized carbons (Fsp3) is 0.364. The predicted molar refractivity (Wildman–Crippen MR) is 107 cm³/mol. The number of hydrogen-bond acceptors (Lipinski definition) is 2. The summed E-state index contributed by atoms with van der Waals surface area (Å²) in [6, 6.07) is 11.8. The number of nitrogens with one attached hydrogen (secondary N) is 2. The maximum atomic E-state index is 12.8. The van der Waals surface area contributed by atoms with Crippen molar-refractivity contribution in [1.82, 2.24) is 10.6 Å². The minimum atomic E-state index is -0.0908. The van der Waals surface area contributed by atoms with Crippen LogP contribution in [0.1, 0.15) is 61.3 Å². The van der Waals surface area contributed by atoms with Crippen molar-refractivity contribution in [2.45, 2.75) is 52.6 Å². The first kappa shape index (κ1) is 18.2. The average Bonchev–Trinajstić information content (AvgIpc) is 2.67. The Kier molecular flexibility index (Phi) is 5.12. The molecule has 0 aliphatic carbocycles. The van der Waals surface area contributed by atoms with Gasteiger partial charge in [0.25, 0.3) is 11.8 Å². The molecule has 4 nitrogen and oxygen atoms in total. The first-order chi connectivity index (χ1) is 12.5. The highest BCUT2D eigenvalue weighted by molar-refractivity contribution is 6.24. The van der Waals surface area contributed by atoms with Crippen LogP contribution in [0, 0.1) is 0 Å². The van der Waals surface area contributed by atoms with E-state index < -0.39 is 0 Å². The lowest BCUT2D eigenvalue weighted by Crippen LogP contribution is -2.33. The van der Waals surface area contributed by atoms with Crippen LogP contribution >= 0.6 is 0 Å². The van der Waals surface area contributed by atoms with Gasteiger partial charge in [-0.2, -0.15) is 0 Å². The molecule has 0 aliphatic rings. The lowest BCUT2D eigenvalue weighted by molar-refractivity contribution is 0.0929. The van der Waals surface area contributed by atoms with E-state index in [4.69, 9.17) is 0 Å². The van der Waals surface area contributed by atoms with E-state index in [2.05, 4.69) is 10.6 Å². The van der Waals surface area contributed by atoms with Gasteiger partial charge in [0, 0.05) is 34.0 Å². The van der Waals surface area contributed by atoms with Crippen molar-refractivity contribution in [3.05, 3.63) is 47.5 Å². The maximum Gasteiger partial charge on any atom is 0.252 e. The molecule has 0 spiro atoms. The molecule has 0 heterocycles. The molecule has 0 saturated carbocycles. The number of carbonyl (C=O) groups is 2. The van der Waals surface area contributed by atoms with Crippen LogP contribution in [0.3, 0.4) is 0 Å². The van der Waals surface area contributed by atoms with Gasteiger partial charge in [0.15, 0.2) is 0 Å². The van der Waals surface area contributed by atoms with Gasteiger partial charge >= 0.3 is 0 Å². The van der Waals surface area contributed by atoms with E-state index in [0.717, 1.165) is 34.4 Å². The van der Waals surface area contributed by atoms with Crippen LogP contribution in [0.15, 0.2) is 36.4 Å². The smallest absolute Gasteiger partial charge is 0.252 e. The molecular formula is C22H26N2O2. The molecule has 4 aromatic rings. The van der Waals surface area contributed by atoms with E-state index in [0.29, 0.717) is 11.1 Å². The zero-order chi connectivity index (χ0) is 18.8. The third kappa shape index (κ3) is 3.24. The second kappa shape index (κ2) is 7.32. The topological polar surface area (TPSA) is 58.2 Å². The van der Waals surface area contributed by atoms with Crippen LogP contribution in [0.5, 0.6) is 0 Å². The Labute approximate surface area is 154 Å². The molecule has 4 rings (SSSR count). The Bertz CT molecular complexity index is 851. The van der Waals surface area contributed by atoms with Gasteiger partial charge in [-0.15, -0.1) is 0 Å². The van der Waals surface area contributed by atoms with Crippen molar-refractivity contribution in [1.29, 1.82) is 0 Å². The first-order valence-electron chi connectivity index (χ1n) is 9.35. The van der Waals surface area contributed by atoms with Gasteiger partial charge < -0.3 is 10.6 Å². The van der Waals surface area contributed by atoms with Crippen LogP contribution < -0.4 is 10.6 Å². The molecule has 0 aromatic heterocycles. The second-order valence-corrected chi connectivity index (χ2v) is 7.05. The van der Waals surface area contributed by atoms with E-state index in [1.54, 1.807) is 12.1 Å². The summed E-state index contributed by atoms with van der Waals surface area (Å²) >= 11 is 0. The van der Waals surface area contributed by atoms with E-state index >= 15 is 0 Å². The first-order valence-corrected chi connectivity index (χ1v) is 9.35. The molecule has 2 unspecified atom stereocenters. The largest absolute Gasteiger partial charge is 0.350 e. The molecule has 2 bridgehead atoms. The van der Waals surface area contributed by atoms with E-state index in [1.807, 2.05) is 52.0 Å². The molecule has 136 valence electrons. The minimum absolute atomic E-state index is 0.0908. The molecule has 0 radical (unpaired) electrons. The third-order valence-electron chi connectivity index (χ3n) is 5.14. The quantitative estimate of drug-likeness (QED) is 0.688. The SMILES string of the molecule is CCC(C)NC(=O)c1ccc(C(=O)NC(C)CC)c2c3ccc(cc3)c12. The van der Waals surface area contributed by atoms with Gasteiger partial charge in [0.05, 0.1) is 0 Å². The molecule has 0 aliphatic heterocycles. The molecule has 4 aromatic carbocycles. The molecule has 0 saturated heterocycles. The lowest BCUT2D eigenvalue weighted by atomic mass is 9.91. The number of rotatable bonds is 6. The van der Waals surface area contributed by atoms with Crippen molar-refractivity contribution < 1.29 is 9.59 Å². The Hall–Kier alpha value is -2.62.